The summed E-state index contributed by atoms with van der Waals surface area (Å²) in [4.78, 5) is 0. The summed E-state index contributed by atoms with van der Waals surface area (Å²) in [6.45, 7) is 14.2. The summed E-state index contributed by atoms with van der Waals surface area (Å²) in [5.74, 6) is 2.12. The number of fused-ring (bicyclic) bond motifs is 1. The number of hydrogen-bond acceptors (Lipinski definition) is 2. The fourth-order valence-electron chi connectivity index (χ4n) is 6.43. The SMILES string of the molecule is CC(C)C1CC2C(c3ccc(C(F)(F)F)cc3)=CC=CC2C1[Si](C)(C)N1CCNCC1. The molecule has 1 aliphatic heterocycles. The molecular formula is C25H35F3N2Si. The first kappa shape index (κ1) is 22.8. The first-order valence-corrected chi connectivity index (χ1v) is 14.6. The number of nitrogens with one attached hydrogen (secondary N) is 1. The van der Waals surface area contributed by atoms with Gasteiger partial charge in [0.05, 0.1) is 5.56 Å². The van der Waals surface area contributed by atoms with Crippen molar-refractivity contribution in [2.45, 2.75) is 45.1 Å². The number of benzene rings is 1. The second kappa shape index (κ2) is 8.52. The van der Waals surface area contributed by atoms with Crippen molar-refractivity contribution in [1.29, 1.82) is 0 Å². The van der Waals surface area contributed by atoms with Crippen molar-refractivity contribution in [3.63, 3.8) is 0 Å². The van der Waals surface area contributed by atoms with E-state index in [1.807, 2.05) is 0 Å². The van der Waals surface area contributed by atoms with Gasteiger partial charge in [0.25, 0.3) is 0 Å². The van der Waals surface area contributed by atoms with E-state index >= 15 is 0 Å². The monoisotopic (exact) mass is 448 g/mol. The average Bonchev–Trinajstić information content (AvgIpc) is 3.15. The van der Waals surface area contributed by atoms with Crippen LogP contribution in [0.4, 0.5) is 13.2 Å². The summed E-state index contributed by atoms with van der Waals surface area (Å²) in [5, 5.41) is 3.49. The lowest BCUT2D eigenvalue weighted by Gasteiger charge is -2.48. The molecule has 0 amide bonds. The number of piperazine rings is 1. The second-order valence-electron chi connectivity index (χ2n) is 10.3. The molecule has 0 bridgehead atoms. The zero-order valence-electron chi connectivity index (χ0n) is 19.0. The van der Waals surface area contributed by atoms with Crippen molar-refractivity contribution in [3.05, 3.63) is 53.6 Å². The second-order valence-corrected chi connectivity index (χ2v) is 14.9. The third-order valence-corrected chi connectivity index (χ3v) is 12.5. The van der Waals surface area contributed by atoms with Gasteiger partial charge in [-0.2, -0.15) is 13.2 Å². The van der Waals surface area contributed by atoms with Crippen LogP contribution in [0.15, 0.2) is 42.5 Å². The molecule has 170 valence electrons. The highest BCUT2D eigenvalue weighted by atomic mass is 28.3. The molecule has 1 N–H and O–H groups in total. The molecule has 0 radical (unpaired) electrons. The highest BCUT2D eigenvalue weighted by Crippen LogP contribution is 2.59. The van der Waals surface area contributed by atoms with Crippen molar-refractivity contribution in [3.8, 4) is 0 Å². The fraction of sp³-hybridized carbons (Fsp3) is 0.600. The van der Waals surface area contributed by atoms with E-state index in [9.17, 15) is 13.2 Å². The topological polar surface area (TPSA) is 15.3 Å². The van der Waals surface area contributed by atoms with Crippen LogP contribution in [0.5, 0.6) is 0 Å². The van der Waals surface area contributed by atoms with Crippen molar-refractivity contribution in [2.75, 3.05) is 26.2 Å². The third-order valence-electron chi connectivity index (χ3n) is 8.02. The number of hydrogen-bond donors (Lipinski definition) is 1. The Morgan fingerprint density at radius 2 is 1.71 bits per heavy atom. The van der Waals surface area contributed by atoms with Crippen molar-refractivity contribution >= 4 is 13.8 Å². The van der Waals surface area contributed by atoms with Gasteiger partial charge in [0.15, 0.2) is 0 Å². The van der Waals surface area contributed by atoms with Crippen LogP contribution in [0.25, 0.3) is 5.57 Å². The Hall–Kier alpha value is -1.37. The van der Waals surface area contributed by atoms with E-state index < -0.39 is 20.0 Å². The van der Waals surface area contributed by atoms with Crippen molar-refractivity contribution in [1.82, 2.24) is 9.88 Å². The maximum Gasteiger partial charge on any atom is 0.416 e. The number of nitrogens with zero attached hydrogens (tertiary/aromatic N) is 1. The summed E-state index contributed by atoms with van der Waals surface area (Å²) < 4.78 is 41.9. The number of rotatable bonds is 4. The van der Waals surface area contributed by atoms with E-state index in [0.717, 1.165) is 38.2 Å². The zero-order chi connectivity index (χ0) is 22.4. The van der Waals surface area contributed by atoms with Gasteiger partial charge in [-0.3, -0.25) is 0 Å². The molecule has 1 saturated carbocycles. The first-order chi connectivity index (χ1) is 14.6. The van der Waals surface area contributed by atoms with Gasteiger partial charge in [0.2, 0.25) is 0 Å². The summed E-state index contributed by atoms with van der Waals surface area (Å²) in [6.07, 6.45) is 3.55. The molecule has 31 heavy (non-hydrogen) atoms. The van der Waals surface area contributed by atoms with Crippen LogP contribution in [0.3, 0.4) is 0 Å². The van der Waals surface area contributed by atoms with Crippen LogP contribution in [0.1, 0.15) is 31.4 Å². The molecule has 1 aromatic rings. The lowest BCUT2D eigenvalue weighted by Crippen LogP contribution is -2.60. The number of alkyl halides is 3. The molecule has 4 unspecified atom stereocenters. The zero-order valence-corrected chi connectivity index (χ0v) is 20.0. The Labute approximate surface area is 185 Å². The van der Waals surface area contributed by atoms with Gasteiger partial charge in [0, 0.05) is 26.2 Å². The molecule has 4 rings (SSSR count). The Balaban J connectivity index is 1.65. The summed E-state index contributed by atoms with van der Waals surface area (Å²) in [6, 6.07) is 5.80. The Kier molecular flexibility index (Phi) is 6.27. The lowest BCUT2D eigenvalue weighted by atomic mass is 9.81. The highest BCUT2D eigenvalue weighted by molar-refractivity contribution is 6.76. The van der Waals surface area contributed by atoms with E-state index in [0.29, 0.717) is 29.2 Å². The maximum atomic E-state index is 13.0. The van der Waals surface area contributed by atoms with Gasteiger partial charge >= 0.3 is 6.18 Å². The van der Waals surface area contributed by atoms with Crippen LogP contribution >= 0.6 is 0 Å². The normalized spacial score (nSPS) is 29.9. The van der Waals surface area contributed by atoms with Crippen molar-refractivity contribution < 1.29 is 13.2 Å². The van der Waals surface area contributed by atoms with Gasteiger partial charge in [-0.1, -0.05) is 57.3 Å². The number of halogens is 3. The Morgan fingerprint density at radius 3 is 2.29 bits per heavy atom. The van der Waals surface area contributed by atoms with Gasteiger partial charge in [-0.25, -0.2) is 0 Å². The predicted octanol–water partition coefficient (Wildman–Crippen LogP) is 6.05. The highest BCUT2D eigenvalue weighted by Gasteiger charge is 2.54. The molecule has 2 fully saturated rings. The average molecular weight is 449 g/mol. The minimum absolute atomic E-state index is 0.397. The predicted molar refractivity (Wildman–Crippen MR) is 124 cm³/mol. The smallest absolute Gasteiger partial charge is 0.321 e. The molecule has 4 atom stereocenters. The van der Waals surface area contributed by atoms with Crippen LogP contribution < -0.4 is 5.32 Å². The number of allylic oxidation sites excluding steroid dienone is 4. The molecule has 2 nitrogen and oxygen atoms in total. The van der Waals surface area contributed by atoms with Gasteiger partial charge in [-0.05, 0) is 58.9 Å². The summed E-state index contributed by atoms with van der Waals surface area (Å²) in [5.41, 5.74) is 2.25. The van der Waals surface area contributed by atoms with Gasteiger partial charge < -0.3 is 9.88 Å². The van der Waals surface area contributed by atoms with E-state index in [1.54, 1.807) is 12.1 Å². The van der Waals surface area contributed by atoms with Gasteiger partial charge in [-0.15, -0.1) is 0 Å². The molecule has 1 aromatic carbocycles. The third kappa shape index (κ3) is 4.31. The van der Waals surface area contributed by atoms with E-state index in [2.05, 4.69) is 55.1 Å². The van der Waals surface area contributed by atoms with E-state index in [4.69, 9.17) is 0 Å². The molecule has 1 saturated heterocycles. The fourth-order valence-corrected chi connectivity index (χ4v) is 11.1. The van der Waals surface area contributed by atoms with Crippen LogP contribution in [-0.4, -0.2) is 39.0 Å². The first-order valence-electron chi connectivity index (χ1n) is 11.6. The molecule has 2 aliphatic carbocycles. The molecule has 0 spiro atoms. The summed E-state index contributed by atoms with van der Waals surface area (Å²) >= 11 is 0. The minimum Gasteiger partial charge on any atom is -0.321 e. The van der Waals surface area contributed by atoms with E-state index in [-0.39, 0.29) is 0 Å². The van der Waals surface area contributed by atoms with Crippen LogP contribution in [-0.2, 0) is 6.18 Å². The molecule has 1 heterocycles. The van der Waals surface area contributed by atoms with Crippen molar-refractivity contribution in [2.24, 2.45) is 23.7 Å². The van der Waals surface area contributed by atoms with E-state index in [1.165, 1.54) is 17.7 Å². The van der Waals surface area contributed by atoms with Gasteiger partial charge in [0.1, 0.15) is 8.24 Å². The summed E-state index contributed by atoms with van der Waals surface area (Å²) in [7, 11) is -1.70. The largest absolute Gasteiger partial charge is 0.416 e. The molecule has 6 heteroatoms. The lowest BCUT2D eigenvalue weighted by molar-refractivity contribution is -0.137. The van der Waals surface area contributed by atoms with Crippen LogP contribution in [0, 0.1) is 23.7 Å². The maximum absolute atomic E-state index is 13.0. The Morgan fingerprint density at radius 1 is 1.06 bits per heavy atom. The molecule has 0 aromatic heterocycles. The molecular weight excluding hydrogens is 413 g/mol. The Bertz CT molecular complexity index is 835. The standard InChI is InChI=1S/C25H35F3N2Si/c1-17(2)22-16-23-20(18-8-10-19(11-9-18)25(26,27)28)6-5-7-21(23)24(22)31(3,4)30-14-12-29-13-15-30/h5-11,17,21-24,29H,12-16H2,1-4H3. The quantitative estimate of drug-likeness (QED) is 0.564. The minimum atomic E-state index is -4.29. The molecule has 3 aliphatic rings. The van der Waals surface area contributed by atoms with Crippen LogP contribution in [0.2, 0.25) is 18.6 Å².